The summed E-state index contributed by atoms with van der Waals surface area (Å²) in [7, 11) is 1.39. The highest BCUT2D eigenvalue weighted by Gasteiger charge is 2.24. The number of esters is 1. The van der Waals surface area contributed by atoms with Crippen molar-refractivity contribution in [3.05, 3.63) is 76.7 Å². The minimum absolute atomic E-state index is 0.383. The number of anilines is 1. The molecule has 0 fully saturated rings. The first-order chi connectivity index (χ1) is 13.1. The Kier molecular flexibility index (Phi) is 6.21. The van der Waals surface area contributed by atoms with Gasteiger partial charge in [0.05, 0.1) is 7.11 Å². The van der Waals surface area contributed by atoms with Crippen LogP contribution in [-0.4, -0.2) is 18.2 Å². The van der Waals surface area contributed by atoms with Crippen LogP contribution in [0, 0.1) is 6.92 Å². The molecule has 138 valence electrons. The predicted octanol–water partition coefficient (Wildman–Crippen LogP) is 5.00. The molecule has 0 saturated carbocycles. The molecule has 4 nitrogen and oxygen atoms in total. The van der Waals surface area contributed by atoms with Crippen LogP contribution in [0.4, 0.5) is 5.00 Å². The molecule has 3 rings (SSSR count). The Balaban J connectivity index is 1.84. The molecule has 2 aromatic carbocycles. The SMILES string of the molecule is COC(=O)c1c(NC(=S)NCc2ccccc2)sc(C)c1-c1ccccc1. The highest BCUT2D eigenvalue weighted by atomic mass is 32.1. The van der Waals surface area contributed by atoms with Crippen molar-refractivity contribution in [3.8, 4) is 11.1 Å². The molecule has 6 heteroatoms. The maximum absolute atomic E-state index is 12.5. The zero-order chi connectivity index (χ0) is 19.2. The second kappa shape index (κ2) is 8.79. The number of nitrogens with one attached hydrogen (secondary N) is 2. The van der Waals surface area contributed by atoms with Gasteiger partial charge in [0.25, 0.3) is 0 Å². The lowest BCUT2D eigenvalue weighted by Gasteiger charge is -2.11. The van der Waals surface area contributed by atoms with E-state index in [1.807, 2.05) is 67.6 Å². The minimum atomic E-state index is -0.383. The number of hydrogen-bond acceptors (Lipinski definition) is 4. The topological polar surface area (TPSA) is 50.4 Å². The third-order valence-corrected chi connectivity index (χ3v) is 5.33. The van der Waals surface area contributed by atoms with Crippen molar-refractivity contribution in [3.63, 3.8) is 0 Å². The molecular weight excluding hydrogens is 376 g/mol. The Hall–Kier alpha value is -2.70. The summed E-state index contributed by atoms with van der Waals surface area (Å²) < 4.78 is 5.03. The van der Waals surface area contributed by atoms with Crippen LogP contribution < -0.4 is 10.6 Å². The van der Waals surface area contributed by atoms with Gasteiger partial charge < -0.3 is 15.4 Å². The van der Waals surface area contributed by atoms with Crippen LogP contribution in [0.15, 0.2) is 60.7 Å². The lowest BCUT2D eigenvalue weighted by atomic mass is 10.0. The molecule has 0 saturated heterocycles. The Morgan fingerprint density at radius 3 is 2.33 bits per heavy atom. The maximum Gasteiger partial charge on any atom is 0.341 e. The van der Waals surface area contributed by atoms with Gasteiger partial charge in [0.2, 0.25) is 0 Å². The van der Waals surface area contributed by atoms with E-state index in [9.17, 15) is 4.79 Å². The first-order valence-electron chi connectivity index (χ1n) is 8.46. The van der Waals surface area contributed by atoms with Gasteiger partial charge in [-0.2, -0.15) is 0 Å². The monoisotopic (exact) mass is 396 g/mol. The van der Waals surface area contributed by atoms with E-state index in [1.165, 1.54) is 18.4 Å². The van der Waals surface area contributed by atoms with E-state index in [2.05, 4.69) is 10.6 Å². The van der Waals surface area contributed by atoms with Crippen molar-refractivity contribution in [2.45, 2.75) is 13.5 Å². The predicted molar refractivity (Wildman–Crippen MR) is 115 cm³/mol. The molecule has 0 aliphatic heterocycles. The van der Waals surface area contributed by atoms with Crippen molar-refractivity contribution < 1.29 is 9.53 Å². The molecule has 3 aromatic rings. The zero-order valence-electron chi connectivity index (χ0n) is 15.1. The molecule has 0 aliphatic carbocycles. The number of thiocarbonyl (C=S) groups is 1. The quantitative estimate of drug-likeness (QED) is 0.470. The first-order valence-corrected chi connectivity index (χ1v) is 9.68. The molecule has 1 heterocycles. The molecule has 0 atom stereocenters. The first kappa shape index (κ1) is 19.1. The molecule has 0 bridgehead atoms. The van der Waals surface area contributed by atoms with Gasteiger partial charge in [0, 0.05) is 17.0 Å². The number of rotatable bonds is 5. The maximum atomic E-state index is 12.5. The van der Waals surface area contributed by atoms with Gasteiger partial charge in [0.1, 0.15) is 10.6 Å². The number of methoxy groups -OCH3 is 1. The number of thiophene rings is 1. The van der Waals surface area contributed by atoms with Crippen molar-refractivity contribution in [2.75, 3.05) is 12.4 Å². The van der Waals surface area contributed by atoms with Gasteiger partial charge in [-0.15, -0.1) is 11.3 Å². The van der Waals surface area contributed by atoms with E-state index >= 15 is 0 Å². The van der Waals surface area contributed by atoms with E-state index in [4.69, 9.17) is 17.0 Å². The normalized spacial score (nSPS) is 10.3. The number of carbonyl (C=O) groups excluding carboxylic acids is 1. The molecule has 2 N–H and O–H groups in total. The Morgan fingerprint density at radius 2 is 1.70 bits per heavy atom. The van der Waals surface area contributed by atoms with E-state index in [-0.39, 0.29) is 5.97 Å². The summed E-state index contributed by atoms with van der Waals surface area (Å²) in [6, 6.07) is 19.8. The van der Waals surface area contributed by atoms with Gasteiger partial charge in [-0.25, -0.2) is 4.79 Å². The highest BCUT2D eigenvalue weighted by Crippen LogP contribution is 2.40. The fourth-order valence-electron chi connectivity index (χ4n) is 2.81. The molecule has 0 spiro atoms. The molecular formula is C21H20N2O2S2. The van der Waals surface area contributed by atoms with Crippen molar-refractivity contribution in [1.29, 1.82) is 0 Å². The highest BCUT2D eigenvalue weighted by molar-refractivity contribution is 7.80. The van der Waals surface area contributed by atoms with Crippen LogP contribution in [0.3, 0.4) is 0 Å². The summed E-state index contributed by atoms with van der Waals surface area (Å²) in [5.41, 5.74) is 3.49. The number of benzene rings is 2. The number of hydrogen-bond donors (Lipinski definition) is 2. The van der Waals surface area contributed by atoms with Crippen molar-refractivity contribution in [2.24, 2.45) is 0 Å². The van der Waals surface area contributed by atoms with Crippen molar-refractivity contribution >= 4 is 39.6 Å². The fourth-order valence-corrected chi connectivity index (χ4v) is 4.12. The Labute approximate surface area is 168 Å². The molecule has 0 amide bonds. The fraction of sp³-hybridized carbons (Fsp3) is 0.143. The molecule has 0 radical (unpaired) electrons. The Morgan fingerprint density at radius 1 is 1.07 bits per heavy atom. The summed E-state index contributed by atoms with van der Waals surface area (Å²) in [6.07, 6.45) is 0. The van der Waals surface area contributed by atoms with Gasteiger partial charge >= 0.3 is 5.97 Å². The van der Waals surface area contributed by atoms with Gasteiger partial charge in [-0.05, 0) is 30.3 Å². The molecule has 1 aromatic heterocycles. The molecule has 0 unspecified atom stereocenters. The third-order valence-electron chi connectivity index (χ3n) is 4.06. The smallest absolute Gasteiger partial charge is 0.341 e. The van der Waals surface area contributed by atoms with Crippen molar-refractivity contribution in [1.82, 2.24) is 5.32 Å². The number of ether oxygens (including phenoxy) is 1. The van der Waals surface area contributed by atoms with E-state index < -0.39 is 0 Å². The second-order valence-corrected chi connectivity index (χ2v) is 7.52. The lowest BCUT2D eigenvalue weighted by Crippen LogP contribution is -2.28. The average Bonchev–Trinajstić information content (AvgIpc) is 3.02. The third kappa shape index (κ3) is 4.53. The second-order valence-electron chi connectivity index (χ2n) is 5.89. The van der Waals surface area contributed by atoms with Crippen LogP contribution in [0.5, 0.6) is 0 Å². The van der Waals surface area contributed by atoms with Gasteiger partial charge in [-0.3, -0.25) is 0 Å². The number of carbonyl (C=O) groups is 1. The van der Waals surface area contributed by atoms with Crippen LogP contribution in [-0.2, 0) is 11.3 Å². The molecule has 27 heavy (non-hydrogen) atoms. The van der Waals surface area contributed by atoms with E-state index in [0.29, 0.717) is 22.2 Å². The van der Waals surface area contributed by atoms with Crippen LogP contribution >= 0.6 is 23.6 Å². The number of aryl methyl sites for hydroxylation is 1. The van der Waals surface area contributed by atoms with Crippen LogP contribution in [0.1, 0.15) is 20.8 Å². The van der Waals surface area contributed by atoms with E-state index in [0.717, 1.165) is 21.6 Å². The zero-order valence-corrected chi connectivity index (χ0v) is 16.7. The van der Waals surface area contributed by atoms with Crippen LogP contribution in [0.25, 0.3) is 11.1 Å². The Bertz CT molecular complexity index is 938. The van der Waals surface area contributed by atoms with E-state index in [1.54, 1.807) is 0 Å². The summed E-state index contributed by atoms with van der Waals surface area (Å²) in [5, 5.41) is 7.49. The van der Waals surface area contributed by atoms with Gasteiger partial charge in [-0.1, -0.05) is 60.7 Å². The summed E-state index contributed by atoms with van der Waals surface area (Å²) in [5.74, 6) is -0.383. The standard InChI is InChI=1S/C21H20N2O2S2/c1-14-17(16-11-7-4-8-12-16)18(20(24)25-2)19(27-14)23-21(26)22-13-15-9-5-3-6-10-15/h3-12H,13H2,1-2H3,(H2,22,23,26). The van der Waals surface area contributed by atoms with Crippen LogP contribution in [0.2, 0.25) is 0 Å². The van der Waals surface area contributed by atoms with Gasteiger partial charge in [0.15, 0.2) is 5.11 Å². The lowest BCUT2D eigenvalue weighted by molar-refractivity contribution is 0.0603. The summed E-state index contributed by atoms with van der Waals surface area (Å²) in [4.78, 5) is 13.5. The molecule has 0 aliphatic rings. The summed E-state index contributed by atoms with van der Waals surface area (Å²) in [6.45, 7) is 2.60. The largest absolute Gasteiger partial charge is 0.465 e. The summed E-state index contributed by atoms with van der Waals surface area (Å²) >= 11 is 6.91. The minimum Gasteiger partial charge on any atom is -0.465 e. The average molecular weight is 397 g/mol.